The van der Waals surface area contributed by atoms with Crippen LogP contribution in [0.3, 0.4) is 0 Å². The minimum Gasteiger partial charge on any atom is -0.212 e. The van der Waals surface area contributed by atoms with E-state index in [-0.39, 0.29) is 6.07 Å². The third-order valence-corrected chi connectivity index (χ3v) is 2.49. The zero-order chi connectivity index (χ0) is 11.8. The summed E-state index contributed by atoms with van der Waals surface area (Å²) in [5.41, 5.74) is -0.860. The predicted octanol–water partition coefficient (Wildman–Crippen LogP) is 2.31. The summed E-state index contributed by atoms with van der Waals surface area (Å²) < 4.78 is 71.5. The van der Waals surface area contributed by atoms with Crippen LogP contribution in [-0.2, 0) is 14.8 Å². The van der Waals surface area contributed by atoms with Gasteiger partial charge in [-0.3, -0.25) is 0 Å². The van der Waals surface area contributed by atoms with Crippen LogP contribution >= 0.6 is 10.7 Å². The summed E-state index contributed by atoms with van der Waals surface area (Å²) in [5, 5.41) is 0. The molecule has 0 radical (unpaired) electrons. The molecule has 15 heavy (non-hydrogen) atoms. The zero-order valence-electron chi connectivity index (χ0n) is 6.90. The fraction of sp³-hybridized carbons (Fsp3) is 0.143. The van der Waals surface area contributed by atoms with Crippen LogP contribution in [0.5, 0.6) is 0 Å². The quantitative estimate of drug-likeness (QED) is 0.355. The number of halogens is 5. The minimum absolute atomic E-state index is 0.244. The van der Waals surface area contributed by atoms with E-state index in [2.05, 4.69) is 0 Å². The Bertz CT molecular complexity index is 500. The van der Waals surface area contributed by atoms with Crippen molar-refractivity contribution in [3.63, 3.8) is 0 Å². The summed E-state index contributed by atoms with van der Waals surface area (Å²) in [6.07, 6.45) is 0. The first-order chi connectivity index (χ1) is 6.72. The van der Waals surface area contributed by atoms with Gasteiger partial charge in [-0.1, -0.05) is 0 Å². The third kappa shape index (κ3) is 2.82. The highest BCUT2D eigenvalue weighted by Gasteiger charge is 2.21. The molecule has 0 saturated heterocycles. The Morgan fingerprint density at radius 2 is 1.60 bits per heavy atom. The molecule has 0 aromatic heterocycles. The highest BCUT2D eigenvalue weighted by molar-refractivity contribution is 8.13. The fourth-order valence-corrected chi connectivity index (χ4v) is 1.85. The van der Waals surface area contributed by atoms with Gasteiger partial charge in [-0.05, 0) is 6.07 Å². The molecule has 8 heteroatoms. The molecule has 0 aliphatic heterocycles. The van der Waals surface area contributed by atoms with Gasteiger partial charge in [0, 0.05) is 16.2 Å². The van der Waals surface area contributed by atoms with Crippen molar-refractivity contribution in [2.45, 2.75) is 5.75 Å². The van der Waals surface area contributed by atoms with Crippen molar-refractivity contribution in [2.75, 3.05) is 0 Å². The van der Waals surface area contributed by atoms with E-state index in [1.54, 1.807) is 0 Å². The van der Waals surface area contributed by atoms with Crippen LogP contribution in [0.4, 0.5) is 17.6 Å². The molecule has 0 atom stereocenters. The lowest BCUT2D eigenvalue weighted by molar-refractivity contribution is 0.405. The van der Waals surface area contributed by atoms with E-state index in [1.165, 1.54) is 0 Å². The van der Waals surface area contributed by atoms with Gasteiger partial charge in [-0.2, -0.15) is 0 Å². The van der Waals surface area contributed by atoms with Gasteiger partial charge in [0.25, 0.3) is 0 Å². The second-order valence-electron chi connectivity index (χ2n) is 2.64. The van der Waals surface area contributed by atoms with Crippen LogP contribution in [0, 0.1) is 23.3 Å². The molecule has 0 spiro atoms. The Balaban J connectivity index is 3.33. The molecule has 1 rings (SSSR count). The van der Waals surface area contributed by atoms with Gasteiger partial charge in [-0.15, -0.1) is 0 Å². The van der Waals surface area contributed by atoms with Crippen molar-refractivity contribution < 1.29 is 26.0 Å². The van der Waals surface area contributed by atoms with Gasteiger partial charge in [0.1, 0.15) is 0 Å². The van der Waals surface area contributed by atoms with Gasteiger partial charge in [0.05, 0.1) is 5.75 Å². The molecule has 1 aromatic carbocycles. The maximum Gasteiger partial charge on any atom is 0.236 e. The highest BCUT2D eigenvalue weighted by atomic mass is 35.7. The van der Waals surface area contributed by atoms with E-state index in [0.717, 1.165) is 0 Å². The number of rotatable bonds is 2. The molecule has 0 heterocycles. The van der Waals surface area contributed by atoms with E-state index < -0.39 is 43.6 Å². The van der Waals surface area contributed by atoms with E-state index in [1.807, 2.05) is 0 Å². The first-order valence-corrected chi connectivity index (χ1v) is 5.94. The van der Waals surface area contributed by atoms with Gasteiger partial charge >= 0.3 is 0 Å². The first kappa shape index (κ1) is 12.3. The van der Waals surface area contributed by atoms with Crippen LogP contribution in [0.25, 0.3) is 0 Å². The van der Waals surface area contributed by atoms with Crippen molar-refractivity contribution in [1.82, 2.24) is 0 Å². The van der Waals surface area contributed by atoms with E-state index in [4.69, 9.17) is 10.7 Å². The SMILES string of the molecule is O=S(=O)(Cl)Cc1cc(F)c(F)c(F)c1F. The molecule has 0 fully saturated rings. The average molecular weight is 263 g/mol. The maximum absolute atomic E-state index is 12.9. The summed E-state index contributed by atoms with van der Waals surface area (Å²) in [4.78, 5) is 0. The second kappa shape index (κ2) is 3.97. The molecule has 1 aromatic rings. The van der Waals surface area contributed by atoms with Crippen LogP contribution in [0.15, 0.2) is 6.07 Å². The zero-order valence-corrected chi connectivity index (χ0v) is 8.47. The van der Waals surface area contributed by atoms with E-state index in [9.17, 15) is 26.0 Å². The van der Waals surface area contributed by atoms with Crippen molar-refractivity contribution in [3.8, 4) is 0 Å². The summed E-state index contributed by atoms with van der Waals surface area (Å²) in [5.74, 6) is -8.62. The molecule has 0 unspecified atom stereocenters. The Morgan fingerprint density at radius 3 is 2.07 bits per heavy atom. The Labute approximate surface area is 86.9 Å². The van der Waals surface area contributed by atoms with Gasteiger partial charge in [-0.25, -0.2) is 26.0 Å². The van der Waals surface area contributed by atoms with Crippen LogP contribution in [-0.4, -0.2) is 8.42 Å². The second-order valence-corrected chi connectivity index (χ2v) is 5.42. The van der Waals surface area contributed by atoms with Gasteiger partial charge in [0.2, 0.25) is 9.05 Å². The smallest absolute Gasteiger partial charge is 0.212 e. The molecular weight excluding hydrogens is 260 g/mol. The average Bonchev–Trinajstić information content (AvgIpc) is 2.08. The molecule has 0 amide bonds. The minimum atomic E-state index is -4.17. The van der Waals surface area contributed by atoms with E-state index in [0.29, 0.717) is 0 Å². The monoisotopic (exact) mass is 262 g/mol. The number of hydrogen-bond acceptors (Lipinski definition) is 2. The molecular formula is C7H3ClF4O2S. The van der Waals surface area contributed by atoms with Gasteiger partial charge < -0.3 is 0 Å². The fourth-order valence-electron chi connectivity index (χ4n) is 0.913. The van der Waals surface area contributed by atoms with Crippen LogP contribution in [0.1, 0.15) is 5.56 Å². The van der Waals surface area contributed by atoms with Crippen molar-refractivity contribution in [3.05, 3.63) is 34.9 Å². The molecule has 84 valence electrons. The number of benzene rings is 1. The standard InChI is InChI=1S/C7H3ClF4O2S/c8-15(13,14)2-3-1-4(9)6(11)7(12)5(3)10/h1H,2H2. The highest BCUT2D eigenvalue weighted by Crippen LogP contribution is 2.21. The van der Waals surface area contributed by atoms with Crippen molar-refractivity contribution in [1.29, 1.82) is 0 Å². The lowest BCUT2D eigenvalue weighted by Crippen LogP contribution is -2.04. The first-order valence-electron chi connectivity index (χ1n) is 3.46. The lowest BCUT2D eigenvalue weighted by atomic mass is 10.2. The Morgan fingerprint density at radius 1 is 1.07 bits per heavy atom. The third-order valence-electron chi connectivity index (χ3n) is 1.51. The van der Waals surface area contributed by atoms with E-state index >= 15 is 0 Å². The topological polar surface area (TPSA) is 34.1 Å². The van der Waals surface area contributed by atoms with Crippen LogP contribution < -0.4 is 0 Å². The van der Waals surface area contributed by atoms with Gasteiger partial charge in [0.15, 0.2) is 23.3 Å². The maximum atomic E-state index is 12.9. The van der Waals surface area contributed by atoms with Crippen molar-refractivity contribution in [2.24, 2.45) is 0 Å². The Hall–Kier alpha value is -0.820. The Kier molecular flexibility index (Phi) is 3.25. The normalized spacial score (nSPS) is 11.8. The molecule has 0 aliphatic rings. The largest absolute Gasteiger partial charge is 0.236 e. The molecule has 0 saturated carbocycles. The molecule has 0 N–H and O–H groups in total. The summed E-state index contributed by atoms with van der Waals surface area (Å²) in [7, 11) is 0.581. The molecule has 0 bridgehead atoms. The predicted molar refractivity (Wildman–Crippen MR) is 44.8 cm³/mol. The summed E-state index contributed by atoms with van der Waals surface area (Å²) in [6, 6.07) is 0.244. The van der Waals surface area contributed by atoms with Crippen molar-refractivity contribution >= 4 is 19.7 Å². The molecule has 2 nitrogen and oxygen atoms in total. The van der Waals surface area contributed by atoms with Crippen LogP contribution in [0.2, 0.25) is 0 Å². The molecule has 0 aliphatic carbocycles. The summed E-state index contributed by atoms with van der Waals surface area (Å²) >= 11 is 0. The summed E-state index contributed by atoms with van der Waals surface area (Å²) in [6.45, 7) is 0. The lowest BCUT2D eigenvalue weighted by Gasteiger charge is -2.03. The number of hydrogen-bond donors (Lipinski definition) is 0.